The summed E-state index contributed by atoms with van der Waals surface area (Å²) < 4.78 is 0. The van der Waals surface area contributed by atoms with Crippen LogP contribution in [0, 0.1) is 45.3 Å². The first-order chi connectivity index (χ1) is 27.5. The summed E-state index contributed by atoms with van der Waals surface area (Å²) in [6.45, 7) is 0. The molecular weight excluding hydrogens is 689 g/mol. The number of H-pyrrole nitrogens is 2. The van der Waals surface area contributed by atoms with Crippen LogP contribution in [0.4, 0.5) is 0 Å². The van der Waals surface area contributed by atoms with Crippen molar-refractivity contribution in [2.24, 2.45) is 0 Å². The van der Waals surface area contributed by atoms with Crippen molar-refractivity contribution in [3.8, 4) is 68.8 Å². The summed E-state index contributed by atoms with van der Waals surface area (Å²) in [7, 11) is 0. The van der Waals surface area contributed by atoms with E-state index < -0.39 is 0 Å². The van der Waals surface area contributed by atoms with E-state index in [1.165, 1.54) is 0 Å². The monoisotopic (exact) mass is 714 g/mol. The molecule has 56 heavy (non-hydrogen) atoms. The minimum Gasteiger partial charge on any atom is -0.354 e. The molecule has 0 spiro atoms. The summed E-state index contributed by atoms with van der Waals surface area (Å²) in [6.07, 6.45) is 7.95. The highest BCUT2D eigenvalue weighted by Crippen LogP contribution is 2.38. The van der Waals surface area contributed by atoms with Gasteiger partial charge in [-0.15, -0.1) is 0 Å². The summed E-state index contributed by atoms with van der Waals surface area (Å²) in [5.41, 5.74) is 15.2. The third-order valence-electron chi connectivity index (χ3n) is 9.96. The molecule has 2 aliphatic heterocycles. The highest BCUT2D eigenvalue weighted by atomic mass is 14.8. The van der Waals surface area contributed by atoms with Crippen molar-refractivity contribution in [3.05, 3.63) is 166 Å². The summed E-state index contributed by atoms with van der Waals surface area (Å²) >= 11 is 0. The topological polar surface area (TPSA) is 153 Å². The van der Waals surface area contributed by atoms with Gasteiger partial charge in [0, 0.05) is 44.3 Å². The smallest absolute Gasteiger partial charge is 0.0991 e. The van der Waals surface area contributed by atoms with Crippen molar-refractivity contribution in [1.29, 1.82) is 21.0 Å². The van der Waals surface area contributed by atoms with Crippen LogP contribution in [0.3, 0.4) is 0 Å². The van der Waals surface area contributed by atoms with Crippen LogP contribution in [-0.2, 0) is 0 Å². The van der Waals surface area contributed by atoms with E-state index in [1.54, 1.807) is 36.4 Å². The highest BCUT2D eigenvalue weighted by molar-refractivity contribution is 6.00. The van der Waals surface area contributed by atoms with E-state index in [4.69, 9.17) is 9.97 Å². The first-order valence-corrected chi connectivity index (χ1v) is 17.7. The molecule has 0 fully saturated rings. The van der Waals surface area contributed by atoms with Crippen molar-refractivity contribution >= 4 is 46.4 Å². The number of nitrogens with one attached hydrogen (secondary N) is 2. The molecule has 3 aromatic heterocycles. The minimum absolute atomic E-state index is 0.546. The van der Waals surface area contributed by atoms with Gasteiger partial charge in [-0.25, -0.2) is 9.97 Å². The van der Waals surface area contributed by atoms with Gasteiger partial charge in [0.25, 0.3) is 0 Å². The maximum absolute atomic E-state index is 9.58. The molecule has 2 aliphatic rings. The summed E-state index contributed by atoms with van der Waals surface area (Å²) in [5.74, 6) is 0. The fourth-order valence-electron chi connectivity index (χ4n) is 7.27. The molecule has 8 nitrogen and oxygen atoms in total. The molecule has 0 saturated carbocycles. The first-order valence-electron chi connectivity index (χ1n) is 17.7. The number of nitrogens with zero attached hydrogens (tertiary/aromatic N) is 6. The van der Waals surface area contributed by atoms with Crippen LogP contribution in [0.15, 0.2) is 121 Å². The summed E-state index contributed by atoms with van der Waals surface area (Å²) in [6, 6.07) is 46.9. The number of nitriles is 4. The average Bonchev–Trinajstić information content (AvgIpc) is 4.10. The van der Waals surface area contributed by atoms with Gasteiger partial charge < -0.3 is 9.97 Å². The molecule has 8 bridgehead atoms. The quantitative estimate of drug-likeness (QED) is 0.185. The van der Waals surface area contributed by atoms with Crippen molar-refractivity contribution < 1.29 is 0 Å². The predicted molar refractivity (Wildman–Crippen MR) is 219 cm³/mol. The molecule has 4 aromatic carbocycles. The van der Waals surface area contributed by atoms with Gasteiger partial charge >= 0.3 is 0 Å². The number of aromatic amines is 2. The van der Waals surface area contributed by atoms with E-state index >= 15 is 0 Å². The second-order valence-electron chi connectivity index (χ2n) is 13.3. The zero-order valence-corrected chi connectivity index (χ0v) is 29.5. The largest absolute Gasteiger partial charge is 0.354 e. The van der Waals surface area contributed by atoms with Gasteiger partial charge in [0.05, 0.1) is 69.3 Å². The molecule has 9 rings (SSSR count). The van der Waals surface area contributed by atoms with Crippen molar-refractivity contribution in [2.45, 2.75) is 0 Å². The number of hydrogen-bond donors (Lipinski definition) is 2. The minimum atomic E-state index is 0.546. The molecule has 8 heteroatoms. The van der Waals surface area contributed by atoms with E-state index in [0.717, 1.165) is 78.0 Å². The normalized spacial score (nSPS) is 11.4. The zero-order valence-electron chi connectivity index (χ0n) is 29.5. The average molecular weight is 715 g/mol. The Morgan fingerprint density at radius 2 is 0.554 bits per heavy atom. The van der Waals surface area contributed by atoms with Crippen LogP contribution in [0.2, 0.25) is 0 Å². The van der Waals surface area contributed by atoms with E-state index in [9.17, 15) is 21.0 Å². The molecule has 0 aliphatic carbocycles. The first kappa shape index (κ1) is 33.3. The van der Waals surface area contributed by atoms with Gasteiger partial charge in [-0.05, 0) is 119 Å². The molecule has 0 saturated heterocycles. The lowest BCUT2D eigenvalue weighted by molar-refractivity contribution is 1.27. The van der Waals surface area contributed by atoms with Gasteiger partial charge in [-0.2, -0.15) is 21.0 Å². The molecular formula is C48H26N8. The Hall–Kier alpha value is -8.56. The van der Waals surface area contributed by atoms with Crippen LogP contribution in [0.25, 0.3) is 90.9 Å². The Morgan fingerprint density at radius 3 is 0.857 bits per heavy atom. The lowest BCUT2D eigenvalue weighted by Gasteiger charge is -2.07. The van der Waals surface area contributed by atoms with Crippen LogP contribution < -0.4 is 0 Å². The van der Waals surface area contributed by atoms with Crippen molar-refractivity contribution in [2.75, 3.05) is 0 Å². The lowest BCUT2D eigenvalue weighted by atomic mass is 10.0. The molecule has 2 N–H and O–H groups in total. The standard InChI is InChI=1S/C48H26N8/c49-25-29-1-9-33(10-2-29)45-37-17-19-39(53-37)46(34-11-3-30(26-50)4-12-34)41-21-23-43(55-41)48(36-15-7-32(28-52)8-16-36)44-24-22-42(56-44)47(40-20-18-38(45)54-40)35-13-5-31(27-51)6-14-35/h1-24,53-54H. The number of fused-ring (bicyclic) bond motifs is 8. The molecule has 258 valence electrons. The lowest BCUT2D eigenvalue weighted by Crippen LogP contribution is -1.91. The SMILES string of the molecule is N#Cc1ccc(-c2c3nc(c(-c4ccc(C#N)cc4)c4ccc([nH]4)c(-c4ccc(C#N)cc4)c4ccc([nH]4)c(-c4ccc(C#N)cc4)c4nc2C=C4)C=C3)cc1. The van der Waals surface area contributed by atoms with E-state index in [0.29, 0.717) is 33.6 Å². The highest BCUT2D eigenvalue weighted by Gasteiger charge is 2.20. The Balaban J connectivity index is 1.45. The molecule has 0 radical (unpaired) electrons. The molecule has 0 amide bonds. The van der Waals surface area contributed by atoms with Crippen LogP contribution in [-0.4, -0.2) is 19.9 Å². The molecule has 0 unspecified atom stereocenters. The van der Waals surface area contributed by atoms with Crippen LogP contribution in [0.1, 0.15) is 45.0 Å². The van der Waals surface area contributed by atoms with Gasteiger partial charge in [0.2, 0.25) is 0 Å². The van der Waals surface area contributed by atoms with Gasteiger partial charge in [0.15, 0.2) is 0 Å². The Bertz CT molecular complexity index is 2980. The second kappa shape index (κ2) is 13.8. The zero-order chi connectivity index (χ0) is 38.2. The number of hydrogen-bond acceptors (Lipinski definition) is 6. The Kier molecular flexibility index (Phi) is 8.19. The van der Waals surface area contributed by atoms with Crippen molar-refractivity contribution in [1.82, 2.24) is 19.9 Å². The van der Waals surface area contributed by atoms with E-state index in [1.807, 2.05) is 109 Å². The number of benzene rings is 4. The fourth-order valence-corrected chi connectivity index (χ4v) is 7.27. The third kappa shape index (κ3) is 5.89. The summed E-state index contributed by atoms with van der Waals surface area (Å²) in [4.78, 5) is 17.9. The van der Waals surface area contributed by atoms with E-state index in [2.05, 4.69) is 34.2 Å². The predicted octanol–water partition coefficient (Wildman–Crippen LogP) is 10.8. The molecule has 5 heterocycles. The Morgan fingerprint density at radius 1 is 0.304 bits per heavy atom. The van der Waals surface area contributed by atoms with Crippen LogP contribution >= 0.6 is 0 Å². The fraction of sp³-hybridized carbons (Fsp3) is 0. The van der Waals surface area contributed by atoms with Gasteiger partial charge in [0.1, 0.15) is 0 Å². The second-order valence-corrected chi connectivity index (χ2v) is 13.3. The van der Waals surface area contributed by atoms with E-state index in [-0.39, 0.29) is 0 Å². The maximum Gasteiger partial charge on any atom is 0.0991 e. The van der Waals surface area contributed by atoms with Crippen molar-refractivity contribution in [3.63, 3.8) is 0 Å². The van der Waals surface area contributed by atoms with Gasteiger partial charge in [-0.1, -0.05) is 48.5 Å². The van der Waals surface area contributed by atoms with Gasteiger partial charge in [-0.3, -0.25) is 0 Å². The maximum atomic E-state index is 9.58. The third-order valence-corrected chi connectivity index (χ3v) is 9.96. The number of rotatable bonds is 4. The molecule has 0 atom stereocenters. The number of aromatic nitrogens is 4. The Labute approximate surface area is 321 Å². The van der Waals surface area contributed by atoms with Crippen LogP contribution in [0.5, 0.6) is 0 Å². The molecule has 7 aromatic rings. The summed E-state index contributed by atoms with van der Waals surface area (Å²) in [5, 5.41) is 38.3.